The SMILES string of the molecule is CCNC(c1sc(C)nc1C)C1CCOC2(CCSC2)C1. The molecule has 0 aliphatic carbocycles. The Hall–Kier alpha value is -0.100. The lowest BCUT2D eigenvalue weighted by atomic mass is 9.80. The number of nitrogens with one attached hydrogen (secondary N) is 1. The molecular weight excluding hydrogens is 300 g/mol. The number of rotatable bonds is 4. The summed E-state index contributed by atoms with van der Waals surface area (Å²) in [4.78, 5) is 6.09. The first kappa shape index (κ1) is 15.8. The molecule has 0 bridgehead atoms. The molecule has 1 aromatic heterocycles. The fraction of sp³-hybridized carbons (Fsp3) is 0.812. The van der Waals surface area contributed by atoms with E-state index >= 15 is 0 Å². The highest BCUT2D eigenvalue weighted by Crippen LogP contribution is 2.45. The molecule has 2 aliphatic rings. The number of ether oxygens (including phenoxy) is 1. The van der Waals surface area contributed by atoms with E-state index in [-0.39, 0.29) is 5.60 Å². The minimum Gasteiger partial charge on any atom is -0.374 e. The van der Waals surface area contributed by atoms with Gasteiger partial charge in [0.05, 0.1) is 16.3 Å². The van der Waals surface area contributed by atoms with E-state index in [1.54, 1.807) is 0 Å². The monoisotopic (exact) mass is 326 g/mol. The average Bonchev–Trinajstić information content (AvgIpc) is 3.03. The Morgan fingerprint density at radius 3 is 2.95 bits per heavy atom. The topological polar surface area (TPSA) is 34.2 Å². The quantitative estimate of drug-likeness (QED) is 0.914. The second kappa shape index (κ2) is 6.57. The van der Waals surface area contributed by atoms with Crippen LogP contribution in [0.1, 0.15) is 47.8 Å². The van der Waals surface area contributed by atoms with E-state index in [0.29, 0.717) is 12.0 Å². The van der Waals surface area contributed by atoms with Gasteiger partial charge >= 0.3 is 0 Å². The zero-order valence-corrected chi connectivity index (χ0v) is 14.9. The first-order chi connectivity index (χ1) is 10.1. The van der Waals surface area contributed by atoms with Gasteiger partial charge in [-0.05, 0) is 51.3 Å². The van der Waals surface area contributed by atoms with Gasteiger partial charge in [0.25, 0.3) is 0 Å². The molecule has 2 saturated heterocycles. The molecule has 0 amide bonds. The Morgan fingerprint density at radius 2 is 2.33 bits per heavy atom. The van der Waals surface area contributed by atoms with Crippen molar-refractivity contribution in [2.45, 2.75) is 51.7 Å². The minimum atomic E-state index is 0.162. The molecule has 1 spiro atoms. The van der Waals surface area contributed by atoms with Crippen LogP contribution in [0.4, 0.5) is 0 Å². The van der Waals surface area contributed by atoms with Crippen molar-refractivity contribution in [3.8, 4) is 0 Å². The maximum Gasteiger partial charge on any atom is 0.0900 e. The van der Waals surface area contributed by atoms with E-state index in [4.69, 9.17) is 4.74 Å². The molecule has 0 saturated carbocycles. The fourth-order valence-electron chi connectivity index (χ4n) is 3.74. The Labute approximate surface area is 136 Å². The van der Waals surface area contributed by atoms with E-state index in [1.807, 2.05) is 11.3 Å². The maximum atomic E-state index is 6.20. The van der Waals surface area contributed by atoms with Crippen molar-refractivity contribution in [3.63, 3.8) is 0 Å². The van der Waals surface area contributed by atoms with E-state index in [2.05, 4.69) is 42.8 Å². The number of aryl methyl sites for hydroxylation is 2. The van der Waals surface area contributed by atoms with Gasteiger partial charge in [-0.15, -0.1) is 11.3 Å². The summed E-state index contributed by atoms with van der Waals surface area (Å²) in [6.45, 7) is 8.41. The average molecular weight is 327 g/mol. The van der Waals surface area contributed by atoms with Crippen LogP contribution >= 0.6 is 23.1 Å². The van der Waals surface area contributed by atoms with Gasteiger partial charge in [0, 0.05) is 23.3 Å². The Morgan fingerprint density at radius 1 is 1.48 bits per heavy atom. The van der Waals surface area contributed by atoms with Gasteiger partial charge < -0.3 is 10.1 Å². The molecular formula is C16H26N2OS2. The van der Waals surface area contributed by atoms with Crippen LogP contribution in [0.2, 0.25) is 0 Å². The first-order valence-corrected chi connectivity index (χ1v) is 10.00. The smallest absolute Gasteiger partial charge is 0.0900 e. The molecule has 21 heavy (non-hydrogen) atoms. The first-order valence-electron chi connectivity index (χ1n) is 8.02. The minimum absolute atomic E-state index is 0.162. The van der Waals surface area contributed by atoms with Crippen LogP contribution in [0, 0.1) is 19.8 Å². The standard InChI is InChI=1S/C16H26N2OS2/c1-4-17-14(15-11(2)18-12(3)21-15)13-5-7-19-16(9-13)6-8-20-10-16/h13-14,17H,4-10H2,1-3H3. The summed E-state index contributed by atoms with van der Waals surface area (Å²) in [7, 11) is 0. The van der Waals surface area contributed by atoms with Crippen LogP contribution < -0.4 is 5.32 Å². The summed E-state index contributed by atoms with van der Waals surface area (Å²) in [6, 6.07) is 0.451. The number of thioether (sulfide) groups is 1. The predicted octanol–water partition coefficient (Wildman–Crippen LogP) is 3.71. The molecule has 1 aromatic rings. The van der Waals surface area contributed by atoms with Crippen molar-refractivity contribution in [1.29, 1.82) is 0 Å². The number of nitrogens with zero attached hydrogens (tertiary/aromatic N) is 1. The molecule has 1 N–H and O–H groups in total. The van der Waals surface area contributed by atoms with Crippen LogP contribution in [-0.4, -0.2) is 35.2 Å². The van der Waals surface area contributed by atoms with Crippen molar-refractivity contribution < 1.29 is 4.74 Å². The molecule has 3 unspecified atom stereocenters. The van der Waals surface area contributed by atoms with E-state index in [1.165, 1.54) is 46.3 Å². The summed E-state index contributed by atoms with van der Waals surface area (Å²) in [5.74, 6) is 3.12. The molecule has 0 radical (unpaired) electrons. The molecule has 3 rings (SSSR count). The van der Waals surface area contributed by atoms with E-state index < -0.39 is 0 Å². The molecule has 118 valence electrons. The van der Waals surface area contributed by atoms with Crippen molar-refractivity contribution in [2.24, 2.45) is 5.92 Å². The lowest BCUT2D eigenvalue weighted by Crippen LogP contribution is -2.43. The second-order valence-electron chi connectivity index (χ2n) is 6.30. The molecule has 2 aliphatic heterocycles. The number of aromatic nitrogens is 1. The maximum absolute atomic E-state index is 6.20. The number of hydrogen-bond acceptors (Lipinski definition) is 5. The predicted molar refractivity (Wildman–Crippen MR) is 91.4 cm³/mol. The summed E-state index contributed by atoms with van der Waals surface area (Å²) in [5, 5.41) is 4.92. The van der Waals surface area contributed by atoms with Gasteiger partial charge in [-0.25, -0.2) is 4.98 Å². The number of hydrogen-bond donors (Lipinski definition) is 1. The fourth-order valence-corrected chi connectivity index (χ4v) is 6.22. The van der Waals surface area contributed by atoms with Gasteiger partial charge in [-0.2, -0.15) is 11.8 Å². The van der Waals surface area contributed by atoms with Crippen molar-refractivity contribution in [1.82, 2.24) is 10.3 Å². The molecule has 3 heterocycles. The molecule has 5 heteroatoms. The molecule has 3 nitrogen and oxygen atoms in total. The Balaban J connectivity index is 1.81. The Kier molecular flexibility index (Phi) is 4.94. The summed E-state index contributed by atoms with van der Waals surface area (Å²) in [6.07, 6.45) is 3.60. The normalized spacial score (nSPS) is 30.9. The lowest BCUT2D eigenvalue weighted by Gasteiger charge is -2.41. The molecule has 2 fully saturated rings. The van der Waals surface area contributed by atoms with Crippen molar-refractivity contribution in [2.75, 3.05) is 24.7 Å². The summed E-state index contributed by atoms with van der Waals surface area (Å²) in [5.41, 5.74) is 1.37. The zero-order chi connectivity index (χ0) is 14.9. The zero-order valence-electron chi connectivity index (χ0n) is 13.3. The van der Waals surface area contributed by atoms with Crippen LogP contribution in [0.3, 0.4) is 0 Å². The van der Waals surface area contributed by atoms with Crippen molar-refractivity contribution in [3.05, 3.63) is 15.6 Å². The third-order valence-electron chi connectivity index (χ3n) is 4.72. The van der Waals surface area contributed by atoms with Gasteiger partial charge in [-0.1, -0.05) is 6.92 Å². The molecule has 0 aromatic carbocycles. The second-order valence-corrected chi connectivity index (χ2v) is 8.64. The highest BCUT2D eigenvalue weighted by atomic mass is 32.2. The van der Waals surface area contributed by atoms with E-state index in [9.17, 15) is 0 Å². The van der Waals surface area contributed by atoms with Crippen molar-refractivity contribution >= 4 is 23.1 Å². The van der Waals surface area contributed by atoms with Gasteiger partial charge in [0.2, 0.25) is 0 Å². The molecule has 3 atom stereocenters. The van der Waals surface area contributed by atoms with Gasteiger partial charge in [0.1, 0.15) is 0 Å². The van der Waals surface area contributed by atoms with Gasteiger partial charge in [0.15, 0.2) is 0 Å². The third-order valence-corrected chi connectivity index (χ3v) is 7.09. The number of thiazole rings is 1. The highest BCUT2D eigenvalue weighted by Gasteiger charge is 2.43. The Bertz CT molecular complexity index is 483. The van der Waals surface area contributed by atoms with E-state index in [0.717, 1.165) is 13.2 Å². The highest BCUT2D eigenvalue weighted by molar-refractivity contribution is 7.99. The summed E-state index contributed by atoms with van der Waals surface area (Å²) >= 11 is 3.92. The van der Waals surface area contributed by atoms with Crippen LogP contribution in [0.5, 0.6) is 0 Å². The van der Waals surface area contributed by atoms with Crippen LogP contribution in [0.25, 0.3) is 0 Å². The lowest BCUT2D eigenvalue weighted by molar-refractivity contribution is -0.0852. The third kappa shape index (κ3) is 3.31. The largest absolute Gasteiger partial charge is 0.374 e. The van der Waals surface area contributed by atoms with Crippen LogP contribution in [-0.2, 0) is 4.74 Å². The summed E-state index contributed by atoms with van der Waals surface area (Å²) < 4.78 is 6.20. The van der Waals surface area contributed by atoms with Gasteiger partial charge in [-0.3, -0.25) is 0 Å². The van der Waals surface area contributed by atoms with Crippen LogP contribution in [0.15, 0.2) is 0 Å².